The van der Waals surface area contributed by atoms with E-state index in [4.69, 9.17) is 0 Å². The smallest absolute Gasteiger partial charge is 0.0686 e. The number of hydrogen-bond donors (Lipinski definition) is 0. The van der Waals surface area contributed by atoms with Crippen molar-refractivity contribution < 1.29 is 0 Å². The fourth-order valence-corrected chi connectivity index (χ4v) is 3.78. The van der Waals surface area contributed by atoms with Crippen LogP contribution in [0.1, 0.15) is 21.5 Å². The monoisotopic (exact) mass is 332 g/mol. The number of nitrogens with zero attached hydrogens (tertiary/aromatic N) is 2. The number of rotatable bonds is 3. The van der Waals surface area contributed by atoms with Gasteiger partial charge in [0, 0.05) is 11.8 Å². The minimum absolute atomic E-state index is 0.205. The van der Waals surface area contributed by atoms with Crippen molar-refractivity contribution in [3.63, 3.8) is 0 Å². The van der Waals surface area contributed by atoms with Gasteiger partial charge in [0.2, 0.25) is 0 Å². The summed E-state index contributed by atoms with van der Waals surface area (Å²) in [5.41, 5.74) is 4.89. The molecule has 0 fully saturated rings. The van der Waals surface area contributed by atoms with Crippen molar-refractivity contribution in [1.82, 2.24) is 9.78 Å². The number of hydrogen-bond acceptors (Lipinski definition) is 2. The first-order chi connectivity index (χ1) is 9.25. The summed E-state index contributed by atoms with van der Waals surface area (Å²) in [7, 11) is 0. The van der Waals surface area contributed by atoms with Crippen LogP contribution in [0.4, 0.5) is 0 Å². The van der Waals surface area contributed by atoms with E-state index in [1.807, 2.05) is 29.1 Å². The predicted octanol–water partition coefficient (Wildman–Crippen LogP) is 4.73. The quantitative estimate of drug-likeness (QED) is 0.634. The Hall–Kier alpha value is -1.39. The third-order valence-corrected chi connectivity index (χ3v) is 4.99. The average Bonchev–Trinajstić information content (AvgIpc) is 3.08. The third-order valence-electron chi connectivity index (χ3n) is 3.08. The molecular formula is C15H13BrN2S. The average molecular weight is 333 g/mol. The van der Waals surface area contributed by atoms with E-state index in [0.717, 1.165) is 5.69 Å². The van der Waals surface area contributed by atoms with E-state index >= 15 is 0 Å². The van der Waals surface area contributed by atoms with E-state index < -0.39 is 0 Å². The highest BCUT2D eigenvalue weighted by molar-refractivity contribution is 9.09. The Kier molecular flexibility index (Phi) is 3.53. The Morgan fingerprint density at radius 2 is 2.00 bits per heavy atom. The molecule has 0 N–H and O–H groups in total. The van der Waals surface area contributed by atoms with Gasteiger partial charge in [-0.15, -0.1) is 0 Å². The molecule has 0 bridgehead atoms. The highest BCUT2D eigenvalue weighted by Gasteiger charge is 2.15. The summed E-state index contributed by atoms with van der Waals surface area (Å²) in [5.74, 6) is 0. The van der Waals surface area contributed by atoms with E-state index in [-0.39, 0.29) is 4.83 Å². The van der Waals surface area contributed by atoms with Crippen molar-refractivity contribution in [3.8, 4) is 5.69 Å². The lowest BCUT2D eigenvalue weighted by Crippen LogP contribution is -1.94. The van der Waals surface area contributed by atoms with Crippen LogP contribution in [0.5, 0.6) is 0 Å². The molecule has 19 heavy (non-hydrogen) atoms. The van der Waals surface area contributed by atoms with Gasteiger partial charge in [0.1, 0.15) is 0 Å². The first kappa shape index (κ1) is 12.6. The molecule has 2 nitrogen and oxygen atoms in total. The second-order valence-electron chi connectivity index (χ2n) is 4.43. The molecule has 0 saturated carbocycles. The van der Waals surface area contributed by atoms with Crippen LogP contribution in [0, 0.1) is 6.92 Å². The number of alkyl halides is 1. The summed E-state index contributed by atoms with van der Waals surface area (Å²) in [6, 6.07) is 10.2. The van der Waals surface area contributed by atoms with Gasteiger partial charge in [-0.2, -0.15) is 16.4 Å². The van der Waals surface area contributed by atoms with Crippen LogP contribution in [-0.4, -0.2) is 9.78 Å². The standard InChI is InChI=1S/C15H13BrN2S/c1-11-9-19-10-14(11)15(16)12-7-17-18(8-12)13-5-3-2-4-6-13/h2-10,15H,1H3. The summed E-state index contributed by atoms with van der Waals surface area (Å²) < 4.78 is 1.91. The van der Waals surface area contributed by atoms with Crippen molar-refractivity contribution in [2.75, 3.05) is 0 Å². The van der Waals surface area contributed by atoms with Gasteiger partial charge in [-0.3, -0.25) is 0 Å². The zero-order valence-corrected chi connectivity index (χ0v) is 12.9. The van der Waals surface area contributed by atoms with Gasteiger partial charge in [0.25, 0.3) is 0 Å². The zero-order valence-electron chi connectivity index (χ0n) is 10.5. The summed E-state index contributed by atoms with van der Waals surface area (Å²) in [4.78, 5) is 0.205. The SMILES string of the molecule is Cc1cscc1C(Br)c1cnn(-c2ccccc2)c1. The van der Waals surface area contributed by atoms with E-state index in [9.17, 15) is 0 Å². The van der Waals surface area contributed by atoms with Crippen molar-refractivity contribution in [3.05, 3.63) is 70.2 Å². The van der Waals surface area contributed by atoms with Gasteiger partial charge >= 0.3 is 0 Å². The highest BCUT2D eigenvalue weighted by Crippen LogP contribution is 2.34. The van der Waals surface area contributed by atoms with Crippen LogP contribution in [0.25, 0.3) is 5.69 Å². The van der Waals surface area contributed by atoms with Crippen molar-refractivity contribution in [2.45, 2.75) is 11.8 Å². The highest BCUT2D eigenvalue weighted by atomic mass is 79.9. The van der Waals surface area contributed by atoms with Crippen LogP contribution in [0.3, 0.4) is 0 Å². The molecule has 1 atom stereocenters. The molecule has 0 spiro atoms. The molecule has 2 aromatic heterocycles. The molecule has 0 saturated heterocycles. The van der Waals surface area contributed by atoms with Gasteiger partial charge in [-0.05, 0) is 40.9 Å². The largest absolute Gasteiger partial charge is 0.241 e. The molecule has 2 heterocycles. The maximum Gasteiger partial charge on any atom is 0.0686 e. The summed E-state index contributed by atoms with van der Waals surface area (Å²) in [6.45, 7) is 2.14. The molecule has 0 aliphatic carbocycles. The lowest BCUT2D eigenvalue weighted by molar-refractivity contribution is 0.880. The summed E-state index contributed by atoms with van der Waals surface area (Å²) >= 11 is 5.50. The number of aromatic nitrogens is 2. The molecule has 3 aromatic rings. The van der Waals surface area contributed by atoms with Gasteiger partial charge in [0.15, 0.2) is 0 Å². The summed E-state index contributed by atoms with van der Waals surface area (Å²) in [6.07, 6.45) is 4.00. The van der Waals surface area contributed by atoms with Crippen LogP contribution in [0.15, 0.2) is 53.5 Å². The molecule has 0 amide bonds. The fraction of sp³-hybridized carbons (Fsp3) is 0.133. The van der Waals surface area contributed by atoms with Crippen LogP contribution >= 0.6 is 27.3 Å². The van der Waals surface area contributed by atoms with Crippen molar-refractivity contribution >= 4 is 27.3 Å². The molecule has 0 aliphatic rings. The summed E-state index contributed by atoms with van der Waals surface area (Å²) in [5, 5.41) is 8.80. The second kappa shape index (κ2) is 5.31. The zero-order chi connectivity index (χ0) is 13.2. The molecule has 1 unspecified atom stereocenters. The lowest BCUT2D eigenvalue weighted by atomic mass is 10.1. The van der Waals surface area contributed by atoms with Gasteiger partial charge in [-0.25, -0.2) is 4.68 Å². The Labute approximate surface area is 124 Å². The van der Waals surface area contributed by atoms with Crippen molar-refractivity contribution in [2.24, 2.45) is 0 Å². The number of benzene rings is 1. The van der Waals surface area contributed by atoms with Crippen LogP contribution in [-0.2, 0) is 0 Å². The first-order valence-corrected chi connectivity index (χ1v) is 7.88. The number of para-hydroxylation sites is 1. The normalized spacial score (nSPS) is 12.5. The molecule has 96 valence electrons. The molecular weight excluding hydrogens is 320 g/mol. The van der Waals surface area contributed by atoms with Crippen LogP contribution < -0.4 is 0 Å². The van der Waals surface area contributed by atoms with Gasteiger partial charge < -0.3 is 0 Å². The Balaban J connectivity index is 1.92. The van der Waals surface area contributed by atoms with E-state index in [1.54, 1.807) is 11.3 Å². The maximum atomic E-state index is 4.44. The molecule has 0 radical (unpaired) electrons. The number of aryl methyl sites for hydroxylation is 1. The Morgan fingerprint density at radius 3 is 2.68 bits per heavy atom. The first-order valence-electron chi connectivity index (χ1n) is 6.02. The lowest BCUT2D eigenvalue weighted by Gasteiger charge is -2.06. The Morgan fingerprint density at radius 1 is 1.21 bits per heavy atom. The van der Waals surface area contributed by atoms with E-state index in [2.05, 4.69) is 57.0 Å². The third kappa shape index (κ3) is 2.51. The van der Waals surface area contributed by atoms with Gasteiger partial charge in [-0.1, -0.05) is 34.1 Å². The van der Waals surface area contributed by atoms with Gasteiger partial charge in [0.05, 0.1) is 16.7 Å². The van der Waals surface area contributed by atoms with Crippen LogP contribution in [0.2, 0.25) is 0 Å². The van der Waals surface area contributed by atoms with E-state index in [1.165, 1.54) is 16.7 Å². The minimum Gasteiger partial charge on any atom is -0.241 e. The topological polar surface area (TPSA) is 17.8 Å². The number of thiophene rings is 1. The molecule has 3 rings (SSSR count). The van der Waals surface area contributed by atoms with Crippen molar-refractivity contribution in [1.29, 1.82) is 0 Å². The molecule has 0 aliphatic heterocycles. The molecule has 1 aromatic carbocycles. The predicted molar refractivity (Wildman–Crippen MR) is 83.4 cm³/mol. The second-order valence-corrected chi connectivity index (χ2v) is 6.09. The number of halogens is 1. The Bertz CT molecular complexity index is 672. The minimum atomic E-state index is 0.205. The fourth-order valence-electron chi connectivity index (χ4n) is 2.00. The maximum absolute atomic E-state index is 4.44. The van der Waals surface area contributed by atoms with E-state index in [0.29, 0.717) is 0 Å². The molecule has 4 heteroatoms.